The van der Waals surface area contributed by atoms with Crippen molar-refractivity contribution in [1.82, 2.24) is 4.98 Å². The molecule has 0 saturated carbocycles. The van der Waals surface area contributed by atoms with Crippen molar-refractivity contribution in [2.75, 3.05) is 18.1 Å². The lowest BCUT2D eigenvalue weighted by molar-refractivity contribution is 1.35. The van der Waals surface area contributed by atoms with Crippen molar-refractivity contribution in [2.24, 2.45) is 0 Å². The number of nitrogens with one attached hydrogen (secondary N) is 1. The largest absolute Gasteiger partial charge is 0.396 e. The molecule has 1 heterocycles. The molecule has 78 valence electrons. The second kappa shape index (κ2) is 3.70. The Hall–Kier alpha value is -1.29. The lowest BCUT2D eigenvalue weighted by Gasteiger charge is -2.13. The highest BCUT2D eigenvalue weighted by atomic mass is 79.9. The van der Waals surface area contributed by atoms with E-state index in [9.17, 15) is 0 Å². The van der Waals surface area contributed by atoms with Crippen molar-refractivity contribution in [3.05, 3.63) is 28.4 Å². The second-order valence-electron chi connectivity index (χ2n) is 3.38. The zero-order valence-electron chi connectivity index (χ0n) is 8.63. The van der Waals surface area contributed by atoms with Crippen LogP contribution in [0.5, 0.6) is 0 Å². The summed E-state index contributed by atoms with van der Waals surface area (Å²) in [5.41, 5.74) is 9.78. The Morgan fingerprint density at radius 2 is 2.20 bits per heavy atom. The average molecular weight is 266 g/mol. The molecule has 15 heavy (non-hydrogen) atoms. The van der Waals surface area contributed by atoms with E-state index in [4.69, 9.17) is 5.73 Å². The van der Waals surface area contributed by atoms with E-state index in [1.807, 2.05) is 26.1 Å². The fourth-order valence-electron chi connectivity index (χ4n) is 1.74. The summed E-state index contributed by atoms with van der Waals surface area (Å²) in [6.07, 6.45) is 1.77. The minimum Gasteiger partial charge on any atom is -0.396 e. The first-order chi connectivity index (χ1) is 7.16. The monoisotopic (exact) mass is 265 g/mol. The Bertz CT molecular complexity index is 523. The fourth-order valence-corrected chi connectivity index (χ4v) is 2.26. The number of hydrogen-bond acceptors (Lipinski definition) is 3. The molecule has 0 aliphatic heterocycles. The summed E-state index contributed by atoms with van der Waals surface area (Å²) < 4.78 is 0.997. The van der Waals surface area contributed by atoms with Crippen LogP contribution in [0.1, 0.15) is 5.56 Å². The summed E-state index contributed by atoms with van der Waals surface area (Å²) in [6, 6.07) is 3.86. The molecular weight excluding hydrogens is 254 g/mol. The number of benzene rings is 1. The van der Waals surface area contributed by atoms with Crippen LogP contribution in [0.3, 0.4) is 0 Å². The Labute approximate surface area is 96.8 Å². The van der Waals surface area contributed by atoms with Crippen LogP contribution in [0.25, 0.3) is 10.9 Å². The molecule has 0 saturated heterocycles. The molecule has 0 aliphatic carbocycles. The maximum Gasteiger partial charge on any atom is 0.0868 e. The minimum atomic E-state index is 0.751. The third kappa shape index (κ3) is 1.45. The van der Waals surface area contributed by atoms with Gasteiger partial charge in [0.2, 0.25) is 0 Å². The number of hydrogen-bond donors (Lipinski definition) is 2. The normalized spacial score (nSPS) is 10.6. The number of aromatic nitrogens is 1. The molecule has 0 aliphatic rings. The number of anilines is 2. The lowest BCUT2D eigenvalue weighted by atomic mass is 10.1. The third-order valence-electron chi connectivity index (χ3n) is 2.53. The van der Waals surface area contributed by atoms with E-state index in [0.717, 1.165) is 32.3 Å². The number of nitrogens with zero attached hydrogens (tertiary/aromatic N) is 1. The maximum atomic E-state index is 6.08. The van der Waals surface area contributed by atoms with Crippen LogP contribution in [0, 0.1) is 6.92 Å². The van der Waals surface area contributed by atoms with Crippen molar-refractivity contribution >= 4 is 38.2 Å². The van der Waals surface area contributed by atoms with E-state index in [1.54, 1.807) is 6.20 Å². The number of pyridine rings is 1. The molecule has 0 spiro atoms. The first-order valence-electron chi connectivity index (χ1n) is 4.66. The van der Waals surface area contributed by atoms with Crippen molar-refractivity contribution in [2.45, 2.75) is 6.92 Å². The zero-order chi connectivity index (χ0) is 11.0. The van der Waals surface area contributed by atoms with Gasteiger partial charge >= 0.3 is 0 Å². The highest BCUT2D eigenvalue weighted by molar-refractivity contribution is 9.10. The van der Waals surface area contributed by atoms with E-state index >= 15 is 0 Å². The Morgan fingerprint density at radius 1 is 1.47 bits per heavy atom. The molecule has 2 rings (SSSR count). The van der Waals surface area contributed by atoms with E-state index in [1.165, 1.54) is 0 Å². The van der Waals surface area contributed by atoms with Crippen molar-refractivity contribution < 1.29 is 0 Å². The molecule has 0 amide bonds. The van der Waals surface area contributed by atoms with Crippen LogP contribution < -0.4 is 11.1 Å². The molecule has 1 aromatic heterocycles. The van der Waals surface area contributed by atoms with Crippen LogP contribution in [0.15, 0.2) is 22.8 Å². The summed E-state index contributed by atoms with van der Waals surface area (Å²) in [5.74, 6) is 0. The maximum absolute atomic E-state index is 6.08. The van der Waals surface area contributed by atoms with Gasteiger partial charge in [-0.15, -0.1) is 0 Å². The van der Waals surface area contributed by atoms with Crippen molar-refractivity contribution in [3.8, 4) is 0 Å². The van der Waals surface area contributed by atoms with Crippen molar-refractivity contribution in [3.63, 3.8) is 0 Å². The van der Waals surface area contributed by atoms with Gasteiger partial charge in [-0.3, -0.25) is 4.98 Å². The molecule has 0 fully saturated rings. The summed E-state index contributed by atoms with van der Waals surface area (Å²) in [7, 11) is 1.87. The van der Waals surface area contributed by atoms with Gasteiger partial charge in [-0.1, -0.05) is 0 Å². The van der Waals surface area contributed by atoms with E-state index in [2.05, 4.69) is 26.2 Å². The quantitative estimate of drug-likeness (QED) is 0.780. The summed E-state index contributed by atoms with van der Waals surface area (Å²) in [5, 5.41) is 4.09. The second-order valence-corrected chi connectivity index (χ2v) is 4.17. The van der Waals surface area contributed by atoms with Crippen LogP contribution >= 0.6 is 15.9 Å². The Kier molecular flexibility index (Phi) is 2.52. The zero-order valence-corrected chi connectivity index (χ0v) is 10.2. The number of fused-ring (bicyclic) bond motifs is 1. The SMILES string of the molecule is CNc1c(C)c(Br)c2ncccc2c1N. The predicted octanol–water partition coefficient (Wildman–Crippen LogP) is 2.93. The number of halogens is 1. The molecule has 0 bridgehead atoms. The molecule has 1 aromatic carbocycles. The van der Waals surface area contributed by atoms with Gasteiger partial charge in [0.15, 0.2) is 0 Å². The van der Waals surface area contributed by atoms with Gasteiger partial charge in [0.1, 0.15) is 0 Å². The van der Waals surface area contributed by atoms with Crippen LogP contribution in [-0.4, -0.2) is 12.0 Å². The van der Waals surface area contributed by atoms with Gasteiger partial charge in [0, 0.05) is 23.1 Å². The van der Waals surface area contributed by atoms with Crippen LogP contribution in [-0.2, 0) is 0 Å². The van der Waals surface area contributed by atoms with Gasteiger partial charge in [0.05, 0.1) is 16.9 Å². The van der Waals surface area contributed by atoms with Crippen LogP contribution in [0.4, 0.5) is 11.4 Å². The van der Waals surface area contributed by atoms with E-state index in [0.29, 0.717) is 0 Å². The molecule has 0 unspecified atom stereocenters. The number of nitrogens with two attached hydrogens (primary N) is 1. The first kappa shape index (κ1) is 10.2. The highest BCUT2D eigenvalue weighted by Gasteiger charge is 2.12. The van der Waals surface area contributed by atoms with Gasteiger partial charge in [-0.05, 0) is 40.5 Å². The molecule has 3 N–H and O–H groups in total. The highest BCUT2D eigenvalue weighted by Crippen LogP contribution is 2.37. The van der Waals surface area contributed by atoms with Crippen LogP contribution in [0.2, 0.25) is 0 Å². The van der Waals surface area contributed by atoms with Gasteiger partial charge < -0.3 is 11.1 Å². The van der Waals surface area contributed by atoms with E-state index < -0.39 is 0 Å². The first-order valence-corrected chi connectivity index (χ1v) is 5.46. The Morgan fingerprint density at radius 3 is 2.87 bits per heavy atom. The predicted molar refractivity (Wildman–Crippen MR) is 68.1 cm³/mol. The summed E-state index contributed by atoms with van der Waals surface area (Å²) in [4.78, 5) is 4.32. The fraction of sp³-hybridized carbons (Fsp3) is 0.182. The molecule has 4 heteroatoms. The summed E-state index contributed by atoms with van der Waals surface area (Å²) in [6.45, 7) is 2.01. The molecule has 0 radical (unpaired) electrons. The summed E-state index contributed by atoms with van der Waals surface area (Å²) >= 11 is 3.55. The third-order valence-corrected chi connectivity index (χ3v) is 3.50. The van der Waals surface area contributed by atoms with Crippen molar-refractivity contribution in [1.29, 1.82) is 0 Å². The number of nitrogen functional groups attached to an aromatic ring is 1. The molecule has 3 nitrogen and oxygen atoms in total. The van der Waals surface area contributed by atoms with E-state index in [-0.39, 0.29) is 0 Å². The number of rotatable bonds is 1. The standard InChI is InChI=1S/C11H12BrN3/c1-6-8(12)11-7(4-3-5-15-11)9(13)10(6)14-2/h3-5,14H,13H2,1-2H3. The molecule has 0 atom stereocenters. The Balaban J connectivity index is 2.96. The molecule has 2 aromatic rings. The smallest absolute Gasteiger partial charge is 0.0868 e. The van der Waals surface area contributed by atoms with Gasteiger partial charge in [0.25, 0.3) is 0 Å². The van der Waals surface area contributed by atoms with Gasteiger partial charge in [-0.2, -0.15) is 0 Å². The topological polar surface area (TPSA) is 50.9 Å². The lowest BCUT2D eigenvalue weighted by Crippen LogP contribution is -2.01. The van der Waals surface area contributed by atoms with Gasteiger partial charge in [-0.25, -0.2) is 0 Å². The average Bonchev–Trinajstić information content (AvgIpc) is 2.27. The molecular formula is C11H12BrN3. The minimum absolute atomic E-state index is 0.751.